The van der Waals surface area contributed by atoms with Gasteiger partial charge in [-0.05, 0) is 31.2 Å². The van der Waals surface area contributed by atoms with Crippen molar-refractivity contribution in [1.82, 2.24) is 19.7 Å². The summed E-state index contributed by atoms with van der Waals surface area (Å²) in [5, 5.41) is 12.0. The standard InChI is InChI=1S/C20H20N6O2S/c1-13-11-17(27)22-15-5-3-4-6-16(15)26(13)18(28)12-29-20-24-23-19(25(20)2)14-7-9-21-10-8-14/h3-10,13H,11-12H2,1-2H3,(H,22,27)/t13-/m1/s1. The van der Waals surface area contributed by atoms with Crippen LogP contribution in [0.5, 0.6) is 0 Å². The largest absolute Gasteiger partial charge is 0.324 e. The maximum Gasteiger partial charge on any atom is 0.237 e. The second-order valence-corrected chi connectivity index (χ2v) is 7.71. The fourth-order valence-corrected chi connectivity index (χ4v) is 4.13. The number of benzene rings is 1. The first-order valence-electron chi connectivity index (χ1n) is 9.18. The number of anilines is 2. The van der Waals surface area contributed by atoms with Gasteiger partial charge in [0.2, 0.25) is 11.8 Å². The fraction of sp³-hybridized carbons (Fsp3) is 0.250. The van der Waals surface area contributed by atoms with E-state index in [4.69, 9.17) is 0 Å². The molecule has 2 aromatic heterocycles. The Hall–Kier alpha value is -3.20. The summed E-state index contributed by atoms with van der Waals surface area (Å²) in [5.41, 5.74) is 2.28. The Bertz CT molecular complexity index is 1050. The van der Waals surface area contributed by atoms with E-state index in [0.717, 1.165) is 5.56 Å². The van der Waals surface area contributed by atoms with E-state index in [1.54, 1.807) is 17.3 Å². The van der Waals surface area contributed by atoms with E-state index in [1.807, 2.05) is 54.9 Å². The summed E-state index contributed by atoms with van der Waals surface area (Å²) in [6.07, 6.45) is 3.66. The van der Waals surface area contributed by atoms with Gasteiger partial charge >= 0.3 is 0 Å². The molecule has 4 rings (SSSR count). The second-order valence-electron chi connectivity index (χ2n) is 6.77. The van der Waals surface area contributed by atoms with Gasteiger partial charge in [0.05, 0.1) is 17.1 Å². The molecular weight excluding hydrogens is 388 g/mol. The molecule has 0 bridgehead atoms. The molecule has 8 nitrogen and oxygen atoms in total. The lowest BCUT2D eigenvalue weighted by Crippen LogP contribution is -2.40. The third kappa shape index (κ3) is 3.86. The van der Waals surface area contributed by atoms with Crippen LogP contribution in [0.3, 0.4) is 0 Å². The number of pyridine rings is 1. The Morgan fingerprint density at radius 3 is 2.76 bits per heavy atom. The van der Waals surface area contributed by atoms with Crippen LogP contribution in [0.1, 0.15) is 13.3 Å². The SMILES string of the molecule is C[C@@H]1CC(=O)Nc2ccccc2N1C(=O)CSc1nnc(-c2ccncc2)n1C. The van der Waals surface area contributed by atoms with E-state index in [-0.39, 0.29) is 30.0 Å². The molecule has 2 amide bonds. The highest BCUT2D eigenvalue weighted by atomic mass is 32.2. The molecule has 3 aromatic rings. The average Bonchev–Trinajstić information content (AvgIpc) is 3.02. The summed E-state index contributed by atoms with van der Waals surface area (Å²) >= 11 is 1.33. The topological polar surface area (TPSA) is 93.0 Å². The predicted molar refractivity (Wildman–Crippen MR) is 112 cm³/mol. The molecule has 1 atom stereocenters. The highest BCUT2D eigenvalue weighted by Gasteiger charge is 2.29. The van der Waals surface area contributed by atoms with Crippen LogP contribution >= 0.6 is 11.8 Å². The summed E-state index contributed by atoms with van der Waals surface area (Å²) in [6, 6.07) is 10.9. The zero-order valence-corrected chi connectivity index (χ0v) is 16.9. The Morgan fingerprint density at radius 1 is 1.21 bits per heavy atom. The molecule has 0 fully saturated rings. The number of hydrogen-bond donors (Lipinski definition) is 1. The molecule has 0 spiro atoms. The van der Waals surface area contributed by atoms with Crippen LogP contribution in [0, 0.1) is 0 Å². The molecule has 0 unspecified atom stereocenters. The van der Waals surface area contributed by atoms with Crippen molar-refractivity contribution >= 4 is 35.0 Å². The first-order chi connectivity index (χ1) is 14.0. The Balaban J connectivity index is 1.53. The predicted octanol–water partition coefficient (Wildman–Crippen LogP) is 2.73. The highest BCUT2D eigenvalue weighted by Crippen LogP contribution is 2.32. The van der Waals surface area contributed by atoms with Crippen LogP contribution in [0.4, 0.5) is 11.4 Å². The number of para-hydroxylation sites is 2. The first-order valence-corrected chi connectivity index (χ1v) is 10.2. The van der Waals surface area contributed by atoms with Gasteiger partial charge in [-0.1, -0.05) is 23.9 Å². The van der Waals surface area contributed by atoms with E-state index >= 15 is 0 Å². The van der Waals surface area contributed by atoms with Crippen molar-refractivity contribution in [2.24, 2.45) is 7.05 Å². The van der Waals surface area contributed by atoms with E-state index < -0.39 is 0 Å². The van der Waals surface area contributed by atoms with E-state index in [0.29, 0.717) is 22.4 Å². The molecule has 3 heterocycles. The van der Waals surface area contributed by atoms with Crippen molar-refractivity contribution in [1.29, 1.82) is 0 Å². The van der Waals surface area contributed by atoms with Crippen LogP contribution in [-0.2, 0) is 16.6 Å². The smallest absolute Gasteiger partial charge is 0.237 e. The van der Waals surface area contributed by atoms with Gasteiger partial charge in [0.15, 0.2) is 11.0 Å². The van der Waals surface area contributed by atoms with Crippen LogP contribution in [0.15, 0.2) is 53.9 Å². The number of hydrogen-bond acceptors (Lipinski definition) is 6. The highest BCUT2D eigenvalue weighted by molar-refractivity contribution is 7.99. The van der Waals surface area contributed by atoms with E-state index in [2.05, 4.69) is 20.5 Å². The van der Waals surface area contributed by atoms with Crippen molar-refractivity contribution in [2.75, 3.05) is 16.0 Å². The quantitative estimate of drug-likeness (QED) is 0.667. The van der Waals surface area contributed by atoms with Crippen LogP contribution in [0.25, 0.3) is 11.4 Å². The second kappa shape index (κ2) is 8.04. The van der Waals surface area contributed by atoms with Crippen molar-refractivity contribution < 1.29 is 9.59 Å². The number of carbonyl (C=O) groups is 2. The summed E-state index contributed by atoms with van der Waals surface area (Å²) in [6.45, 7) is 1.88. The van der Waals surface area contributed by atoms with Gasteiger partial charge in [0.25, 0.3) is 0 Å². The van der Waals surface area contributed by atoms with Crippen molar-refractivity contribution in [3.8, 4) is 11.4 Å². The van der Waals surface area contributed by atoms with Crippen molar-refractivity contribution in [3.05, 3.63) is 48.8 Å². The molecule has 0 aliphatic carbocycles. The first kappa shape index (κ1) is 19.1. The molecule has 148 valence electrons. The van der Waals surface area contributed by atoms with Gasteiger partial charge in [-0.15, -0.1) is 10.2 Å². The third-order valence-electron chi connectivity index (χ3n) is 4.73. The van der Waals surface area contributed by atoms with Gasteiger partial charge < -0.3 is 14.8 Å². The van der Waals surface area contributed by atoms with Crippen LogP contribution in [-0.4, -0.2) is 43.4 Å². The fourth-order valence-electron chi connectivity index (χ4n) is 3.36. The molecule has 1 N–H and O–H groups in total. The van der Waals surface area contributed by atoms with Gasteiger partial charge in [0.1, 0.15) is 0 Å². The summed E-state index contributed by atoms with van der Waals surface area (Å²) in [7, 11) is 1.87. The normalized spacial score (nSPS) is 16.1. The van der Waals surface area contributed by atoms with Gasteiger partial charge in [-0.25, -0.2) is 0 Å². The number of rotatable bonds is 4. The Labute approximate surface area is 172 Å². The number of amides is 2. The minimum atomic E-state index is -0.237. The number of aromatic nitrogens is 4. The van der Waals surface area contributed by atoms with E-state index in [1.165, 1.54) is 11.8 Å². The molecule has 0 saturated carbocycles. The molecular formula is C20H20N6O2S. The zero-order chi connectivity index (χ0) is 20.4. The monoisotopic (exact) mass is 408 g/mol. The summed E-state index contributed by atoms with van der Waals surface area (Å²) < 4.78 is 1.86. The Kier molecular flexibility index (Phi) is 5.30. The Morgan fingerprint density at radius 2 is 1.97 bits per heavy atom. The number of carbonyl (C=O) groups excluding carboxylic acids is 2. The zero-order valence-electron chi connectivity index (χ0n) is 16.1. The van der Waals surface area contributed by atoms with Crippen LogP contribution < -0.4 is 10.2 Å². The molecule has 1 aliphatic rings. The molecule has 0 radical (unpaired) electrons. The summed E-state index contributed by atoms with van der Waals surface area (Å²) in [5.74, 6) is 0.726. The van der Waals surface area contributed by atoms with E-state index in [9.17, 15) is 9.59 Å². The number of thioether (sulfide) groups is 1. The van der Waals surface area contributed by atoms with Gasteiger partial charge in [0, 0.05) is 37.5 Å². The molecule has 1 aliphatic heterocycles. The van der Waals surface area contributed by atoms with Crippen molar-refractivity contribution in [2.45, 2.75) is 24.5 Å². The molecule has 29 heavy (non-hydrogen) atoms. The van der Waals surface area contributed by atoms with Crippen LogP contribution in [0.2, 0.25) is 0 Å². The minimum absolute atomic E-state index is 0.0834. The van der Waals surface area contributed by atoms with Gasteiger partial charge in [-0.3, -0.25) is 14.6 Å². The minimum Gasteiger partial charge on any atom is -0.324 e. The van der Waals surface area contributed by atoms with Gasteiger partial charge in [-0.2, -0.15) is 0 Å². The lowest BCUT2D eigenvalue weighted by molar-refractivity contribution is -0.117. The maximum absolute atomic E-state index is 13.1. The average molecular weight is 408 g/mol. The lowest BCUT2D eigenvalue weighted by atomic mass is 10.2. The number of nitrogens with one attached hydrogen (secondary N) is 1. The molecule has 9 heteroatoms. The number of fused-ring (bicyclic) bond motifs is 1. The lowest BCUT2D eigenvalue weighted by Gasteiger charge is -2.27. The molecule has 0 saturated heterocycles. The summed E-state index contributed by atoms with van der Waals surface area (Å²) in [4.78, 5) is 30.9. The number of nitrogens with zero attached hydrogens (tertiary/aromatic N) is 5. The maximum atomic E-state index is 13.1. The molecule has 1 aromatic carbocycles. The third-order valence-corrected chi connectivity index (χ3v) is 5.73. The van der Waals surface area contributed by atoms with Crippen molar-refractivity contribution in [3.63, 3.8) is 0 Å².